The minimum atomic E-state index is -0.202. The number of hydrazone groups is 1. The Morgan fingerprint density at radius 2 is 1.57 bits per heavy atom. The summed E-state index contributed by atoms with van der Waals surface area (Å²) in [7, 11) is 3.30. The van der Waals surface area contributed by atoms with Crippen LogP contribution in [-0.4, -0.2) is 41.2 Å². The second-order valence-corrected chi connectivity index (χ2v) is 11.5. The van der Waals surface area contributed by atoms with E-state index in [9.17, 15) is 4.79 Å². The molecule has 0 spiro atoms. The maximum Gasteiger partial charge on any atom is 0.253 e. The molecule has 0 radical (unpaired) electrons. The van der Waals surface area contributed by atoms with Crippen molar-refractivity contribution < 1.29 is 14.3 Å². The average Bonchev–Trinajstić information content (AvgIpc) is 3.64. The summed E-state index contributed by atoms with van der Waals surface area (Å²) in [5.41, 5.74) is 5.15. The Labute approximate surface area is 254 Å². The lowest BCUT2D eigenvalue weighted by atomic mass is 9.98. The predicted octanol–water partition coefficient (Wildman–Crippen LogP) is 7.83. The SMILES string of the molecule is COc1ccc(C2=NN(C(=O)CSc3cn(Cc4ccc(Cl)cc4)c4ccccc34)C(c3ccc(OC)cc3)C2)cc1. The summed E-state index contributed by atoms with van der Waals surface area (Å²) in [4.78, 5) is 14.9. The number of carbonyl (C=O) groups excluding carboxylic acids is 1. The van der Waals surface area contributed by atoms with Gasteiger partial charge < -0.3 is 14.0 Å². The number of nitrogens with zero attached hydrogens (tertiary/aromatic N) is 3. The van der Waals surface area contributed by atoms with Crippen LogP contribution in [0.4, 0.5) is 0 Å². The van der Waals surface area contributed by atoms with Crippen LogP contribution in [0.25, 0.3) is 10.9 Å². The maximum atomic E-state index is 13.8. The Morgan fingerprint density at radius 3 is 2.26 bits per heavy atom. The smallest absolute Gasteiger partial charge is 0.253 e. The van der Waals surface area contributed by atoms with Crippen LogP contribution in [0.1, 0.15) is 29.2 Å². The molecule has 2 heterocycles. The molecule has 8 heteroatoms. The molecule has 212 valence electrons. The van der Waals surface area contributed by atoms with Crippen molar-refractivity contribution in [3.63, 3.8) is 0 Å². The quantitative estimate of drug-likeness (QED) is 0.163. The zero-order valence-electron chi connectivity index (χ0n) is 23.4. The van der Waals surface area contributed by atoms with Crippen molar-refractivity contribution in [2.75, 3.05) is 20.0 Å². The van der Waals surface area contributed by atoms with E-state index in [1.807, 2.05) is 84.9 Å². The highest BCUT2D eigenvalue weighted by atomic mass is 35.5. The number of carbonyl (C=O) groups is 1. The average molecular weight is 596 g/mol. The second-order valence-electron chi connectivity index (χ2n) is 10.1. The third-order valence-corrected chi connectivity index (χ3v) is 8.74. The van der Waals surface area contributed by atoms with E-state index >= 15 is 0 Å². The van der Waals surface area contributed by atoms with Crippen molar-refractivity contribution in [1.29, 1.82) is 0 Å². The predicted molar refractivity (Wildman–Crippen MR) is 170 cm³/mol. The number of hydrogen-bond donors (Lipinski definition) is 0. The van der Waals surface area contributed by atoms with E-state index < -0.39 is 0 Å². The van der Waals surface area contributed by atoms with E-state index in [-0.39, 0.29) is 17.7 Å². The van der Waals surface area contributed by atoms with Gasteiger partial charge in [-0.05, 0) is 71.3 Å². The minimum Gasteiger partial charge on any atom is -0.497 e. The Morgan fingerprint density at radius 1 is 0.905 bits per heavy atom. The van der Waals surface area contributed by atoms with E-state index in [0.29, 0.717) is 13.0 Å². The van der Waals surface area contributed by atoms with Gasteiger partial charge in [-0.2, -0.15) is 5.10 Å². The molecule has 4 aromatic carbocycles. The van der Waals surface area contributed by atoms with Crippen LogP contribution in [0.5, 0.6) is 11.5 Å². The van der Waals surface area contributed by atoms with E-state index in [1.54, 1.807) is 31.0 Å². The van der Waals surface area contributed by atoms with Crippen LogP contribution in [0.15, 0.2) is 113 Å². The fourth-order valence-corrected chi connectivity index (χ4v) is 6.30. The maximum absolute atomic E-state index is 13.8. The number of amides is 1. The first-order valence-electron chi connectivity index (χ1n) is 13.7. The monoisotopic (exact) mass is 595 g/mol. The van der Waals surface area contributed by atoms with E-state index in [4.69, 9.17) is 26.2 Å². The number of para-hydroxylation sites is 1. The van der Waals surface area contributed by atoms with Crippen LogP contribution in [-0.2, 0) is 11.3 Å². The van der Waals surface area contributed by atoms with Gasteiger partial charge in [0.15, 0.2) is 0 Å². The first-order valence-corrected chi connectivity index (χ1v) is 15.0. The number of benzene rings is 4. The van der Waals surface area contributed by atoms with Crippen molar-refractivity contribution in [3.05, 3.63) is 125 Å². The van der Waals surface area contributed by atoms with Crippen LogP contribution in [0.2, 0.25) is 5.02 Å². The van der Waals surface area contributed by atoms with E-state index in [2.05, 4.69) is 22.9 Å². The van der Waals surface area contributed by atoms with E-state index in [1.165, 1.54) is 0 Å². The molecule has 42 heavy (non-hydrogen) atoms. The zero-order valence-corrected chi connectivity index (χ0v) is 24.9. The van der Waals surface area contributed by atoms with Crippen molar-refractivity contribution in [1.82, 2.24) is 9.58 Å². The molecule has 1 aliphatic heterocycles. The second kappa shape index (κ2) is 12.3. The summed E-state index contributed by atoms with van der Waals surface area (Å²) in [6.07, 6.45) is 2.75. The highest BCUT2D eigenvalue weighted by molar-refractivity contribution is 8.00. The fourth-order valence-electron chi connectivity index (χ4n) is 5.23. The largest absolute Gasteiger partial charge is 0.497 e. The number of methoxy groups -OCH3 is 2. The third-order valence-electron chi connectivity index (χ3n) is 7.46. The van der Waals surface area contributed by atoms with Gasteiger partial charge in [0.2, 0.25) is 0 Å². The van der Waals surface area contributed by atoms with Gasteiger partial charge in [-0.15, -0.1) is 11.8 Å². The lowest BCUT2D eigenvalue weighted by molar-refractivity contribution is -0.130. The third kappa shape index (κ3) is 5.89. The molecule has 6 nitrogen and oxygen atoms in total. The van der Waals surface area contributed by atoms with E-state index in [0.717, 1.165) is 54.7 Å². The van der Waals surface area contributed by atoms with Gasteiger partial charge in [-0.1, -0.05) is 54.1 Å². The Kier molecular flexibility index (Phi) is 8.22. The molecular weight excluding hydrogens is 566 g/mol. The molecule has 1 atom stereocenters. The van der Waals surface area contributed by atoms with Gasteiger partial charge in [0, 0.05) is 40.0 Å². The molecule has 0 saturated heterocycles. The van der Waals surface area contributed by atoms with Crippen molar-refractivity contribution in [2.24, 2.45) is 5.10 Å². The first-order chi connectivity index (χ1) is 20.5. The Hall–Kier alpha value is -4.20. The number of thioether (sulfide) groups is 1. The zero-order chi connectivity index (χ0) is 29.1. The summed E-state index contributed by atoms with van der Waals surface area (Å²) in [6, 6.07) is 31.7. The molecule has 6 rings (SSSR count). The van der Waals surface area contributed by atoms with Gasteiger partial charge >= 0.3 is 0 Å². The molecule has 0 saturated carbocycles. The summed E-state index contributed by atoms with van der Waals surface area (Å²) >= 11 is 7.64. The molecule has 0 bridgehead atoms. The lowest BCUT2D eigenvalue weighted by Crippen LogP contribution is -2.28. The van der Waals surface area contributed by atoms with Crippen LogP contribution < -0.4 is 9.47 Å². The fraction of sp³-hybridized carbons (Fsp3) is 0.176. The number of fused-ring (bicyclic) bond motifs is 1. The number of rotatable bonds is 9. The van der Waals surface area contributed by atoms with Crippen molar-refractivity contribution >= 4 is 45.9 Å². The summed E-state index contributed by atoms with van der Waals surface area (Å²) in [6.45, 7) is 0.716. The summed E-state index contributed by atoms with van der Waals surface area (Å²) in [5.74, 6) is 1.78. The topological polar surface area (TPSA) is 56.1 Å². The van der Waals surface area contributed by atoms with Crippen molar-refractivity contribution in [3.8, 4) is 11.5 Å². The van der Waals surface area contributed by atoms with Gasteiger partial charge in [-0.3, -0.25) is 4.79 Å². The van der Waals surface area contributed by atoms with Gasteiger partial charge in [0.05, 0.1) is 31.7 Å². The first kappa shape index (κ1) is 27.9. The molecule has 0 aliphatic carbocycles. The van der Waals surface area contributed by atoms with Crippen LogP contribution >= 0.6 is 23.4 Å². The summed E-state index contributed by atoms with van der Waals surface area (Å²) < 4.78 is 12.9. The molecule has 0 fully saturated rings. The van der Waals surface area contributed by atoms with Crippen LogP contribution in [0, 0.1) is 0 Å². The van der Waals surface area contributed by atoms with Crippen molar-refractivity contribution in [2.45, 2.75) is 23.9 Å². The number of ether oxygens (including phenoxy) is 2. The standard InChI is InChI=1S/C34H30ClN3O3S/c1-40-27-15-9-24(10-16-27)30-19-32(25-11-17-28(41-2)18-12-25)38(36-30)34(39)22-42-33-21-37(31-6-4-3-5-29(31)33)20-23-7-13-26(35)14-8-23/h3-18,21,32H,19-20,22H2,1-2H3. The molecule has 1 aromatic heterocycles. The molecule has 1 aliphatic rings. The van der Waals surface area contributed by atoms with Crippen LogP contribution in [0.3, 0.4) is 0 Å². The normalized spacial score (nSPS) is 14.7. The molecule has 0 N–H and O–H groups in total. The number of aromatic nitrogens is 1. The van der Waals surface area contributed by atoms with Gasteiger partial charge in [0.25, 0.3) is 5.91 Å². The van der Waals surface area contributed by atoms with Gasteiger partial charge in [0.1, 0.15) is 11.5 Å². The number of hydrogen-bond acceptors (Lipinski definition) is 5. The summed E-state index contributed by atoms with van der Waals surface area (Å²) in [5, 5.41) is 8.36. The molecule has 1 unspecified atom stereocenters. The molecule has 1 amide bonds. The minimum absolute atomic E-state index is 0.0427. The lowest BCUT2D eigenvalue weighted by Gasteiger charge is -2.22. The molecule has 5 aromatic rings. The molecular formula is C34H30ClN3O3S. The highest BCUT2D eigenvalue weighted by Gasteiger charge is 2.33. The Bertz CT molecular complexity index is 1730. The number of halogens is 1. The highest BCUT2D eigenvalue weighted by Crippen LogP contribution is 2.36. The Balaban J connectivity index is 1.25. The van der Waals surface area contributed by atoms with Gasteiger partial charge in [-0.25, -0.2) is 5.01 Å².